The Balaban J connectivity index is 2.42. The van der Waals surface area contributed by atoms with Crippen molar-refractivity contribution in [3.8, 4) is 11.6 Å². The molecule has 0 fully saturated rings. The van der Waals surface area contributed by atoms with Gasteiger partial charge >= 0.3 is 0 Å². The average molecular weight is 310 g/mol. The highest BCUT2D eigenvalue weighted by molar-refractivity contribution is 9.10. The van der Waals surface area contributed by atoms with Crippen LogP contribution in [0.25, 0.3) is 0 Å². The van der Waals surface area contributed by atoms with Crippen molar-refractivity contribution in [3.05, 3.63) is 39.5 Å². The predicted molar refractivity (Wildman–Crippen MR) is 74.8 cm³/mol. The van der Waals surface area contributed by atoms with E-state index in [0.717, 1.165) is 27.0 Å². The third-order valence-electron chi connectivity index (χ3n) is 2.85. The zero-order chi connectivity index (χ0) is 13.3. The number of nitrogens with two attached hydrogens (primary N) is 1. The van der Waals surface area contributed by atoms with Gasteiger partial charge < -0.3 is 10.5 Å². The smallest absolute Gasteiger partial charge is 0.222 e. The molecule has 2 rings (SSSR count). The van der Waals surface area contributed by atoms with Crippen LogP contribution in [0.15, 0.2) is 22.7 Å². The van der Waals surface area contributed by atoms with Crippen LogP contribution in [0.2, 0.25) is 0 Å². The summed E-state index contributed by atoms with van der Waals surface area (Å²) in [7, 11) is 1.86. The number of ether oxygens (including phenoxy) is 1. The van der Waals surface area contributed by atoms with Crippen LogP contribution in [-0.4, -0.2) is 9.78 Å². The van der Waals surface area contributed by atoms with Crippen LogP contribution < -0.4 is 10.5 Å². The van der Waals surface area contributed by atoms with Crippen LogP contribution in [0.4, 0.5) is 0 Å². The van der Waals surface area contributed by atoms with Crippen LogP contribution in [0.1, 0.15) is 16.8 Å². The van der Waals surface area contributed by atoms with E-state index < -0.39 is 0 Å². The van der Waals surface area contributed by atoms with E-state index in [1.807, 2.05) is 39.1 Å². The van der Waals surface area contributed by atoms with Gasteiger partial charge in [0.1, 0.15) is 5.75 Å². The highest BCUT2D eigenvalue weighted by atomic mass is 79.9. The van der Waals surface area contributed by atoms with Crippen LogP contribution in [0, 0.1) is 13.8 Å². The summed E-state index contributed by atoms with van der Waals surface area (Å²) in [5.41, 5.74) is 8.66. The Morgan fingerprint density at radius 3 is 2.78 bits per heavy atom. The topological polar surface area (TPSA) is 53.1 Å². The Morgan fingerprint density at radius 2 is 2.11 bits per heavy atom. The molecule has 2 aromatic rings. The van der Waals surface area contributed by atoms with Gasteiger partial charge in [0, 0.05) is 18.1 Å². The lowest BCUT2D eigenvalue weighted by atomic mass is 10.2. The van der Waals surface area contributed by atoms with Crippen LogP contribution >= 0.6 is 15.9 Å². The fourth-order valence-electron chi connectivity index (χ4n) is 1.83. The minimum Gasteiger partial charge on any atom is -0.439 e. The highest BCUT2D eigenvalue weighted by Gasteiger charge is 2.15. The van der Waals surface area contributed by atoms with Crippen molar-refractivity contribution in [1.82, 2.24) is 9.78 Å². The van der Waals surface area contributed by atoms with E-state index in [1.165, 1.54) is 0 Å². The van der Waals surface area contributed by atoms with E-state index in [-0.39, 0.29) is 0 Å². The number of halogens is 1. The third kappa shape index (κ3) is 2.42. The van der Waals surface area contributed by atoms with Crippen molar-refractivity contribution < 1.29 is 4.74 Å². The Kier molecular flexibility index (Phi) is 3.73. The van der Waals surface area contributed by atoms with Gasteiger partial charge in [0.25, 0.3) is 0 Å². The minimum atomic E-state index is 0.419. The summed E-state index contributed by atoms with van der Waals surface area (Å²) >= 11 is 3.44. The summed E-state index contributed by atoms with van der Waals surface area (Å²) in [4.78, 5) is 0. The number of nitrogens with zero attached hydrogens (tertiary/aromatic N) is 2. The molecule has 0 unspecified atom stereocenters. The molecule has 1 aromatic heterocycles. The van der Waals surface area contributed by atoms with Crippen LogP contribution in [-0.2, 0) is 13.6 Å². The molecule has 0 saturated carbocycles. The standard InChI is InChI=1S/C13H16BrN3O/c1-8-4-5-10(14)6-12(8)18-13-11(7-15)9(2)16-17(13)3/h4-6H,7,15H2,1-3H3. The van der Waals surface area contributed by atoms with Gasteiger partial charge in [0.15, 0.2) is 0 Å². The molecular weight excluding hydrogens is 294 g/mol. The van der Waals surface area contributed by atoms with E-state index in [9.17, 15) is 0 Å². The second-order valence-electron chi connectivity index (χ2n) is 4.21. The molecule has 18 heavy (non-hydrogen) atoms. The monoisotopic (exact) mass is 309 g/mol. The molecule has 0 aliphatic rings. The van der Waals surface area contributed by atoms with Gasteiger partial charge in [-0.3, -0.25) is 0 Å². The second kappa shape index (κ2) is 5.12. The number of benzene rings is 1. The van der Waals surface area contributed by atoms with Crippen LogP contribution in [0.3, 0.4) is 0 Å². The van der Waals surface area contributed by atoms with E-state index in [1.54, 1.807) is 4.68 Å². The number of rotatable bonds is 3. The Morgan fingerprint density at radius 1 is 1.39 bits per heavy atom. The SMILES string of the molecule is Cc1ccc(Br)cc1Oc1c(CN)c(C)nn1C. The first-order valence-corrected chi connectivity index (χ1v) is 6.48. The molecule has 0 saturated heterocycles. The molecule has 0 atom stereocenters. The van der Waals surface area contributed by atoms with E-state index in [0.29, 0.717) is 12.4 Å². The highest BCUT2D eigenvalue weighted by Crippen LogP contribution is 2.30. The van der Waals surface area contributed by atoms with Gasteiger partial charge in [0.05, 0.1) is 11.3 Å². The van der Waals surface area contributed by atoms with E-state index in [2.05, 4.69) is 21.0 Å². The maximum atomic E-state index is 5.95. The number of hydrogen-bond acceptors (Lipinski definition) is 3. The lowest BCUT2D eigenvalue weighted by Gasteiger charge is -2.10. The molecule has 0 amide bonds. The first-order valence-electron chi connectivity index (χ1n) is 5.69. The zero-order valence-electron chi connectivity index (χ0n) is 10.7. The Bertz CT molecular complexity index is 578. The summed E-state index contributed by atoms with van der Waals surface area (Å²) in [6, 6.07) is 5.93. The lowest BCUT2D eigenvalue weighted by Crippen LogP contribution is -2.01. The molecule has 4 nitrogen and oxygen atoms in total. The van der Waals surface area contributed by atoms with Gasteiger partial charge in [-0.2, -0.15) is 5.10 Å². The van der Waals surface area contributed by atoms with Gasteiger partial charge in [-0.25, -0.2) is 4.68 Å². The molecule has 2 N–H and O–H groups in total. The maximum absolute atomic E-state index is 5.95. The zero-order valence-corrected chi connectivity index (χ0v) is 12.3. The van der Waals surface area contributed by atoms with Gasteiger partial charge in [-0.1, -0.05) is 22.0 Å². The molecule has 0 bridgehead atoms. The average Bonchev–Trinajstić information content (AvgIpc) is 2.58. The van der Waals surface area contributed by atoms with Crippen molar-refractivity contribution in [3.63, 3.8) is 0 Å². The van der Waals surface area contributed by atoms with Crippen molar-refractivity contribution in [2.45, 2.75) is 20.4 Å². The van der Waals surface area contributed by atoms with Crippen molar-refractivity contribution >= 4 is 15.9 Å². The quantitative estimate of drug-likeness (QED) is 0.948. The van der Waals surface area contributed by atoms with Crippen molar-refractivity contribution in [1.29, 1.82) is 0 Å². The molecule has 1 aromatic carbocycles. The summed E-state index contributed by atoms with van der Waals surface area (Å²) in [6.45, 7) is 4.36. The molecular formula is C13H16BrN3O. The molecule has 0 radical (unpaired) electrons. The second-order valence-corrected chi connectivity index (χ2v) is 5.12. The lowest BCUT2D eigenvalue weighted by molar-refractivity contribution is 0.423. The Labute approximate surface area is 115 Å². The van der Waals surface area contributed by atoms with Gasteiger partial charge in [-0.15, -0.1) is 0 Å². The van der Waals surface area contributed by atoms with Crippen molar-refractivity contribution in [2.24, 2.45) is 12.8 Å². The third-order valence-corrected chi connectivity index (χ3v) is 3.34. The van der Waals surface area contributed by atoms with Crippen molar-refractivity contribution in [2.75, 3.05) is 0 Å². The first-order chi connectivity index (χ1) is 8.52. The summed E-state index contributed by atoms with van der Waals surface area (Å²) in [5, 5.41) is 4.33. The fourth-order valence-corrected chi connectivity index (χ4v) is 2.17. The molecule has 5 heteroatoms. The normalized spacial score (nSPS) is 10.7. The van der Waals surface area contributed by atoms with Gasteiger partial charge in [0.2, 0.25) is 5.88 Å². The van der Waals surface area contributed by atoms with Crippen LogP contribution in [0.5, 0.6) is 11.6 Å². The molecule has 96 valence electrons. The fraction of sp³-hybridized carbons (Fsp3) is 0.308. The largest absolute Gasteiger partial charge is 0.439 e. The minimum absolute atomic E-state index is 0.419. The number of aromatic nitrogens is 2. The maximum Gasteiger partial charge on any atom is 0.222 e. The predicted octanol–water partition coefficient (Wildman–Crippen LogP) is 3.05. The summed E-state index contributed by atoms with van der Waals surface area (Å²) in [5.74, 6) is 1.51. The Hall–Kier alpha value is -1.33. The molecule has 0 aliphatic carbocycles. The number of hydrogen-bond donors (Lipinski definition) is 1. The number of aryl methyl sites for hydroxylation is 3. The van der Waals surface area contributed by atoms with E-state index in [4.69, 9.17) is 10.5 Å². The van der Waals surface area contributed by atoms with Gasteiger partial charge in [-0.05, 0) is 31.5 Å². The molecule has 0 aliphatic heterocycles. The summed E-state index contributed by atoms with van der Waals surface area (Å²) < 4.78 is 8.66. The first kappa shape index (κ1) is 13.1. The molecule has 0 spiro atoms. The summed E-state index contributed by atoms with van der Waals surface area (Å²) in [6.07, 6.45) is 0. The van der Waals surface area contributed by atoms with E-state index >= 15 is 0 Å². The molecule has 1 heterocycles.